The van der Waals surface area contributed by atoms with Gasteiger partial charge in [-0.3, -0.25) is 9.78 Å². The van der Waals surface area contributed by atoms with Crippen LogP contribution in [0.25, 0.3) is 0 Å². The largest absolute Gasteiger partial charge is 0.337 e. The van der Waals surface area contributed by atoms with Gasteiger partial charge in [0.05, 0.1) is 5.56 Å². The molecule has 0 radical (unpaired) electrons. The van der Waals surface area contributed by atoms with Crippen molar-refractivity contribution in [3.63, 3.8) is 0 Å². The lowest BCUT2D eigenvalue weighted by Gasteiger charge is -2.20. The van der Waals surface area contributed by atoms with E-state index in [0.29, 0.717) is 11.6 Å². The Hall–Kier alpha value is -1.42. The summed E-state index contributed by atoms with van der Waals surface area (Å²) < 4.78 is 0. The molecule has 1 fully saturated rings. The maximum absolute atomic E-state index is 12.2. The Morgan fingerprint density at radius 3 is 2.82 bits per heavy atom. The molecular formula is C13H19N3O. The minimum absolute atomic E-state index is 0.102. The van der Waals surface area contributed by atoms with Crippen LogP contribution in [0.15, 0.2) is 18.5 Å². The van der Waals surface area contributed by atoms with Crippen LogP contribution in [0.2, 0.25) is 0 Å². The van der Waals surface area contributed by atoms with Gasteiger partial charge in [-0.2, -0.15) is 0 Å². The van der Waals surface area contributed by atoms with Gasteiger partial charge in [0.1, 0.15) is 0 Å². The number of carbonyl (C=O) groups is 1. The van der Waals surface area contributed by atoms with E-state index in [0.717, 1.165) is 25.1 Å². The molecule has 0 aliphatic carbocycles. The second kappa shape index (κ2) is 4.84. The standard InChI is InChI=1S/C13H19N3O/c1-10-6-11(8-14-7-10)13(17)16-5-4-12(9-16)15(2)3/h6-8,12H,4-5,9H2,1-3H3/t12-/m0/s1. The van der Waals surface area contributed by atoms with Crippen molar-refractivity contribution in [2.24, 2.45) is 0 Å². The number of aryl methyl sites for hydroxylation is 1. The molecule has 1 atom stereocenters. The zero-order valence-electron chi connectivity index (χ0n) is 10.7. The van der Waals surface area contributed by atoms with E-state index >= 15 is 0 Å². The lowest BCUT2D eigenvalue weighted by Crippen LogP contribution is -2.34. The number of hydrogen-bond acceptors (Lipinski definition) is 3. The molecule has 0 spiro atoms. The predicted octanol–water partition coefficient (Wildman–Crippen LogP) is 1.17. The fourth-order valence-electron chi connectivity index (χ4n) is 2.20. The van der Waals surface area contributed by atoms with Crippen LogP contribution in [0.4, 0.5) is 0 Å². The lowest BCUT2D eigenvalue weighted by molar-refractivity contribution is 0.0782. The smallest absolute Gasteiger partial charge is 0.255 e. The van der Waals surface area contributed by atoms with Crippen LogP contribution in [0.1, 0.15) is 22.3 Å². The van der Waals surface area contributed by atoms with E-state index in [1.54, 1.807) is 12.4 Å². The molecule has 0 saturated carbocycles. The SMILES string of the molecule is Cc1cncc(C(=O)N2CC[C@H](N(C)C)C2)c1. The van der Waals surface area contributed by atoms with Crippen molar-refractivity contribution in [3.05, 3.63) is 29.6 Å². The van der Waals surface area contributed by atoms with Gasteiger partial charge in [-0.25, -0.2) is 0 Å². The molecule has 2 rings (SSSR count). The maximum Gasteiger partial charge on any atom is 0.255 e. The average Bonchev–Trinajstić information content (AvgIpc) is 2.77. The predicted molar refractivity (Wildman–Crippen MR) is 67.0 cm³/mol. The first-order chi connectivity index (χ1) is 8.08. The number of amides is 1. The van der Waals surface area contributed by atoms with Gasteiger partial charge >= 0.3 is 0 Å². The van der Waals surface area contributed by atoms with Crippen LogP contribution in [0.3, 0.4) is 0 Å². The van der Waals surface area contributed by atoms with E-state index in [2.05, 4.69) is 24.0 Å². The molecule has 1 aliphatic rings. The van der Waals surface area contributed by atoms with Crippen molar-refractivity contribution in [3.8, 4) is 0 Å². The van der Waals surface area contributed by atoms with Crippen molar-refractivity contribution in [2.45, 2.75) is 19.4 Å². The third-order valence-corrected chi connectivity index (χ3v) is 3.30. The highest BCUT2D eigenvalue weighted by Crippen LogP contribution is 2.16. The number of rotatable bonds is 2. The van der Waals surface area contributed by atoms with Crippen molar-refractivity contribution in [2.75, 3.05) is 27.2 Å². The van der Waals surface area contributed by atoms with E-state index < -0.39 is 0 Å². The van der Waals surface area contributed by atoms with Crippen LogP contribution in [0.5, 0.6) is 0 Å². The monoisotopic (exact) mass is 233 g/mol. The van der Waals surface area contributed by atoms with Gasteiger partial charge in [0.25, 0.3) is 5.91 Å². The summed E-state index contributed by atoms with van der Waals surface area (Å²) in [6.45, 7) is 3.62. The molecule has 1 aliphatic heterocycles. The molecule has 17 heavy (non-hydrogen) atoms. The van der Waals surface area contributed by atoms with Gasteiger partial charge in [-0.05, 0) is 39.1 Å². The fourth-order valence-corrected chi connectivity index (χ4v) is 2.20. The Labute approximate surface area is 102 Å². The molecule has 1 saturated heterocycles. The third-order valence-electron chi connectivity index (χ3n) is 3.30. The second-order valence-corrected chi connectivity index (χ2v) is 4.91. The number of carbonyl (C=O) groups excluding carboxylic acids is 1. The summed E-state index contributed by atoms with van der Waals surface area (Å²) in [7, 11) is 4.12. The molecule has 4 nitrogen and oxygen atoms in total. The fraction of sp³-hybridized carbons (Fsp3) is 0.538. The van der Waals surface area contributed by atoms with E-state index in [4.69, 9.17) is 0 Å². The highest BCUT2D eigenvalue weighted by atomic mass is 16.2. The summed E-state index contributed by atoms with van der Waals surface area (Å²) in [5.41, 5.74) is 1.73. The second-order valence-electron chi connectivity index (χ2n) is 4.91. The highest BCUT2D eigenvalue weighted by molar-refractivity contribution is 5.94. The zero-order valence-corrected chi connectivity index (χ0v) is 10.7. The van der Waals surface area contributed by atoms with E-state index in [1.165, 1.54) is 0 Å². The molecule has 1 amide bonds. The molecule has 92 valence electrons. The summed E-state index contributed by atoms with van der Waals surface area (Å²) in [6, 6.07) is 2.38. The molecule has 0 unspecified atom stereocenters. The number of pyridine rings is 1. The minimum Gasteiger partial charge on any atom is -0.337 e. The maximum atomic E-state index is 12.2. The number of likely N-dealkylation sites (N-methyl/N-ethyl adjacent to an activating group) is 1. The summed E-state index contributed by atoms with van der Waals surface area (Å²) in [6.07, 6.45) is 4.47. The van der Waals surface area contributed by atoms with E-state index in [9.17, 15) is 4.79 Å². The lowest BCUT2D eigenvalue weighted by atomic mass is 10.2. The van der Waals surface area contributed by atoms with Crippen molar-refractivity contribution in [1.82, 2.24) is 14.8 Å². The molecular weight excluding hydrogens is 214 g/mol. The minimum atomic E-state index is 0.102. The van der Waals surface area contributed by atoms with E-state index in [1.807, 2.05) is 17.9 Å². The van der Waals surface area contributed by atoms with Crippen molar-refractivity contribution in [1.29, 1.82) is 0 Å². The summed E-state index contributed by atoms with van der Waals surface area (Å²) in [5, 5.41) is 0. The third kappa shape index (κ3) is 2.64. The Kier molecular flexibility index (Phi) is 3.43. The molecule has 4 heteroatoms. The first kappa shape index (κ1) is 12.0. The van der Waals surface area contributed by atoms with Gasteiger partial charge in [-0.15, -0.1) is 0 Å². The van der Waals surface area contributed by atoms with Crippen LogP contribution < -0.4 is 0 Å². The molecule has 1 aromatic rings. The summed E-state index contributed by atoms with van der Waals surface area (Å²) >= 11 is 0. The van der Waals surface area contributed by atoms with Gasteiger partial charge in [0, 0.05) is 31.5 Å². The van der Waals surface area contributed by atoms with Crippen LogP contribution in [0, 0.1) is 6.92 Å². The van der Waals surface area contributed by atoms with Crippen molar-refractivity contribution < 1.29 is 4.79 Å². The Bertz CT molecular complexity index is 417. The van der Waals surface area contributed by atoms with Crippen LogP contribution in [-0.4, -0.2) is 53.9 Å². The zero-order chi connectivity index (χ0) is 12.4. The molecule has 2 heterocycles. The number of nitrogens with zero attached hydrogens (tertiary/aromatic N) is 3. The normalized spacial score (nSPS) is 20.0. The quantitative estimate of drug-likeness (QED) is 0.769. The average molecular weight is 233 g/mol. The van der Waals surface area contributed by atoms with Gasteiger partial charge in [0.15, 0.2) is 0 Å². The van der Waals surface area contributed by atoms with Crippen LogP contribution >= 0.6 is 0 Å². The van der Waals surface area contributed by atoms with Gasteiger partial charge < -0.3 is 9.80 Å². The van der Waals surface area contributed by atoms with Gasteiger partial charge in [0.2, 0.25) is 0 Å². The molecule has 1 aromatic heterocycles. The summed E-state index contributed by atoms with van der Waals surface area (Å²) in [5.74, 6) is 0.102. The number of aromatic nitrogens is 1. The molecule has 0 bridgehead atoms. The first-order valence-electron chi connectivity index (χ1n) is 5.95. The highest BCUT2D eigenvalue weighted by Gasteiger charge is 2.28. The number of likely N-dealkylation sites (tertiary alicyclic amines) is 1. The Balaban J connectivity index is 2.07. The van der Waals surface area contributed by atoms with Crippen LogP contribution in [-0.2, 0) is 0 Å². The molecule has 0 aromatic carbocycles. The first-order valence-corrected chi connectivity index (χ1v) is 5.95. The summed E-state index contributed by atoms with van der Waals surface area (Å²) in [4.78, 5) is 20.4. The van der Waals surface area contributed by atoms with Gasteiger partial charge in [-0.1, -0.05) is 0 Å². The van der Waals surface area contributed by atoms with E-state index in [-0.39, 0.29) is 5.91 Å². The topological polar surface area (TPSA) is 36.4 Å². The Morgan fingerprint density at radius 2 is 2.24 bits per heavy atom. The molecule has 0 N–H and O–H groups in total. The number of hydrogen-bond donors (Lipinski definition) is 0. The Morgan fingerprint density at radius 1 is 1.47 bits per heavy atom. The van der Waals surface area contributed by atoms with Crippen molar-refractivity contribution >= 4 is 5.91 Å².